The molecule has 0 radical (unpaired) electrons. The first-order valence-corrected chi connectivity index (χ1v) is 8.29. The summed E-state index contributed by atoms with van der Waals surface area (Å²) >= 11 is 0. The number of carbonyl (C=O) groups excluding carboxylic acids is 1. The molecular weight excluding hydrogens is 317 g/mol. The Morgan fingerprint density at radius 3 is 2.09 bits per heavy atom. The van der Waals surface area contributed by atoms with Crippen molar-refractivity contribution in [2.45, 2.75) is 4.90 Å². The van der Waals surface area contributed by atoms with Gasteiger partial charge in [0.25, 0.3) is 0 Å². The van der Waals surface area contributed by atoms with E-state index in [0.29, 0.717) is 0 Å². The number of carbonyl (C=O) groups is 1. The maximum absolute atomic E-state index is 13.0. The molecule has 0 heterocycles. The summed E-state index contributed by atoms with van der Waals surface area (Å²) in [7, 11) is -0.731. The zero-order valence-corrected chi connectivity index (χ0v) is 13.5. The van der Waals surface area contributed by atoms with Crippen LogP contribution in [0.4, 0.5) is 4.39 Å². The Labute approximate surface area is 134 Å². The maximum atomic E-state index is 13.0. The van der Waals surface area contributed by atoms with Crippen molar-refractivity contribution in [1.29, 1.82) is 0 Å². The molecule has 2 aromatic carbocycles. The number of allylic oxidation sites excluding steroid dienone is 1. The molecule has 0 spiro atoms. The number of ketones is 1. The number of nitrogens with zero attached hydrogens (tertiary/aromatic N) is 1. The third-order valence-electron chi connectivity index (χ3n) is 3.05. The van der Waals surface area contributed by atoms with Crippen molar-refractivity contribution in [3.05, 3.63) is 77.1 Å². The predicted octanol–water partition coefficient (Wildman–Crippen LogP) is 2.89. The van der Waals surface area contributed by atoms with Gasteiger partial charge in [0, 0.05) is 25.9 Å². The van der Waals surface area contributed by atoms with Crippen LogP contribution in [0.25, 0.3) is 0 Å². The van der Waals surface area contributed by atoms with E-state index in [1.807, 2.05) is 0 Å². The van der Waals surface area contributed by atoms with E-state index in [1.54, 1.807) is 32.3 Å². The predicted molar refractivity (Wildman–Crippen MR) is 86.1 cm³/mol. The minimum absolute atomic E-state index is 0.0311. The number of hydrogen-bond acceptors (Lipinski definition) is 4. The van der Waals surface area contributed by atoms with Crippen molar-refractivity contribution in [3.8, 4) is 0 Å². The fourth-order valence-electron chi connectivity index (χ4n) is 1.95. The van der Waals surface area contributed by atoms with Crippen LogP contribution < -0.4 is 0 Å². The number of rotatable bonds is 5. The molecule has 0 saturated carbocycles. The van der Waals surface area contributed by atoms with Gasteiger partial charge in [-0.1, -0.05) is 18.2 Å². The normalized spacial score (nSPS) is 12.0. The molecule has 120 valence electrons. The third kappa shape index (κ3) is 3.84. The summed E-state index contributed by atoms with van der Waals surface area (Å²) in [5.74, 6) is -1.17. The van der Waals surface area contributed by atoms with Crippen LogP contribution in [0.2, 0.25) is 0 Å². The monoisotopic (exact) mass is 333 g/mol. The first-order valence-electron chi connectivity index (χ1n) is 6.81. The average molecular weight is 333 g/mol. The van der Waals surface area contributed by atoms with Crippen molar-refractivity contribution in [2.75, 3.05) is 14.1 Å². The smallest absolute Gasteiger partial charge is 0.211 e. The lowest BCUT2D eigenvalue weighted by molar-refractivity contribution is 0.104. The Bertz CT molecular complexity index is 826. The topological polar surface area (TPSA) is 54.5 Å². The average Bonchev–Trinajstić information content (AvgIpc) is 2.53. The number of sulfone groups is 1. The molecule has 2 aromatic rings. The first kappa shape index (κ1) is 16.9. The molecule has 0 unspecified atom stereocenters. The Hall–Kier alpha value is -2.47. The summed E-state index contributed by atoms with van der Waals surface area (Å²) in [6.07, 6.45) is 1.26. The number of Topliss-reactive ketones (excluding diaryl/α,β-unsaturated/α-hetero) is 1. The molecule has 0 amide bonds. The van der Waals surface area contributed by atoms with Crippen molar-refractivity contribution in [2.24, 2.45) is 0 Å². The molecule has 23 heavy (non-hydrogen) atoms. The molecule has 0 saturated heterocycles. The van der Waals surface area contributed by atoms with Crippen LogP contribution in [0.1, 0.15) is 10.4 Å². The molecule has 0 aliphatic heterocycles. The lowest BCUT2D eigenvalue weighted by Crippen LogP contribution is -2.18. The lowest BCUT2D eigenvalue weighted by atomic mass is 10.1. The molecule has 6 heteroatoms. The Kier molecular flexibility index (Phi) is 4.95. The Morgan fingerprint density at radius 1 is 1.00 bits per heavy atom. The van der Waals surface area contributed by atoms with Crippen molar-refractivity contribution < 1.29 is 17.6 Å². The molecule has 4 nitrogen and oxygen atoms in total. The van der Waals surface area contributed by atoms with Gasteiger partial charge in [0.15, 0.2) is 0 Å². The second-order valence-corrected chi connectivity index (χ2v) is 7.03. The standard InChI is InChI=1S/C17H16FNO3S/c1-19(2)12-16(17(20)13-8-10-14(18)11-9-13)23(21,22)15-6-4-3-5-7-15/h3-12H,1-2H3/b16-12+. The van der Waals surface area contributed by atoms with Gasteiger partial charge in [0.2, 0.25) is 15.6 Å². The Morgan fingerprint density at radius 2 is 1.57 bits per heavy atom. The fraction of sp³-hybridized carbons (Fsp3) is 0.118. The maximum Gasteiger partial charge on any atom is 0.211 e. The van der Waals surface area contributed by atoms with Crippen LogP contribution in [-0.2, 0) is 9.84 Å². The van der Waals surface area contributed by atoms with Gasteiger partial charge >= 0.3 is 0 Å². The quantitative estimate of drug-likeness (QED) is 0.624. The van der Waals surface area contributed by atoms with E-state index in [0.717, 1.165) is 12.1 Å². The number of benzene rings is 2. The first-order chi connectivity index (χ1) is 10.8. The molecule has 2 rings (SSSR count). The van der Waals surface area contributed by atoms with Gasteiger partial charge in [-0.25, -0.2) is 12.8 Å². The van der Waals surface area contributed by atoms with E-state index < -0.39 is 21.4 Å². The third-order valence-corrected chi connectivity index (χ3v) is 4.81. The van der Waals surface area contributed by atoms with Crippen molar-refractivity contribution in [1.82, 2.24) is 4.90 Å². The highest BCUT2D eigenvalue weighted by Gasteiger charge is 2.28. The van der Waals surface area contributed by atoms with Gasteiger partial charge < -0.3 is 4.90 Å². The van der Waals surface area contributed by atoms with E-state index in [4.69, 9.17) is 0 Å². The van der Waals surface area contributed by atoms with Crippen LogP contribution in [0.3, 0.4) is 0 Å². The van der Waals surface area contributed by atoms with E-state index in [9.17, 15) is 17.6 Å². The van der Waals surface area contributed by atoms with Crippen LogP contribution >= 0.6 is 0 Å². The van der Waals surface area contributed by atoms with Gasteiger partial charge in [-0.05, 0) is 36.4 Å². The summed E-state index contributed by atoms with van der Waals surface area (Å²) in [6.45, 7) is 0. The second kappa shape index (κ2) is 6.75. The van der Waals surface area contributed by atoms with Crippen LogP contribution in [0, 0.1) is 5.82 Å². The number of hydrogen-bond donors (Lipinski definition) is 0. The van der Waals surface area contributed by atoms with Crippen LogP contribution in [-0.4, -0.2) is 33.2 Å². The van der Waals surface area contributed by atoms with E-state index in [2.05, 4.69) is 0 Å². The van der Waals surface area contributed by atoms with Crippen molar-refractivity contribution in [3.63, 3.8) is 0 Å². The van der Waals surface area contributed by atoms with Gasteiger partial charge in [0.05, 0.1) is 4.90 Å². The van der Waals surface area contributed by atoms with Gasteiger partial charge in [-0.15, -0.1) is 0 Å². The molecule has 0 aromatic heterocycles. The summed E-state index contributed by atoms with van der Waals surface area (Å²) in [5.41, 5.74) is 0.110. The zero-order chi connectivity index (χ0) is 17.0. The van der Waals surface area contributed by atoms with Crippen LogP contribution in [0.15, 0.2) is 70.6 Å². The van der Waals surface area contributed by atoms with Gasteiger partial charge in [-0.2, -0.15) is 0 Å². The summed E-state index contributed by atoms with van der Waals surface area (Å²) in [5, 5.41) is 0. The largest absolute Gasteiger partial charge is 0.382 e. The minimum Gasteiger partial charge on any atom is -0.382 e. The zero-order valence-electron chi connectivity index (χ0n) is 12.7. The van der Waals surface area contributed by atoms with Crippen molar-refractivity contribution >= 4 is 15.6 Å². The SMILES string of the molecule is CN(C)/C=C(\C(=O)c1ccc(F)cc1)S(=O)(=O)c1ccccc1. The van der Waals surface area contributed by atoms with E-state index >= 15 is 0 Å². The molecule has 0 atom stereocenters. The summed E-state index contributed by atoms with van der Waals surface area (Å²) in [4.78, 5) is 13.8. The minimum atomic E-state index is -3.98. The molecule has 0 fully saturated rings. The fourth-order valence-corrected chi connectivity index (χ4v) is 3.44. The lowest BCUT2D eigenvalue weighted by Gasteiger charge is -2.12. The van der Waals surface area contributed by atoms with Crippen LogP contribution in [0.5, 0.6) is 0 Å². The number of halogens is 1. The summed E-state index contributed by atoms with van der Waals surface area (Å²) in [6, 6.07) is 12.5. The van der Waals surface area contributed by atoms with E-state index in [-0.39, 0.29) is 15.4 Å². The van der Waals surface area contributed by atoms with Gasteiger partial charge in [-0.3, -0.25) is 4.79 Å². The highest BCUT2D eigenvalue weighted by Crippen LogP contribution is 2.23. The van der Waals surface area contributed by atoms with Gasteiger partial charge in [0.1, 0.15) is 10.7 Å². The highest BCUT2D eigenvalue weighted by atomic mass is 32.2. The Balaban J connectivity index is 2.54. The highest BCUT2D eigenvalue weighted by molar-refractivity contribution is 7.96. The molecule has 0 aliphatic rings. The molecular formula is C17H16FNO3S. The molecule has 0 N–H and O–H groups in total. The second-order valence-electron chi connectivity index (χ2n) is 5.11. The molecule has 0 bridgehead atoms. The molecule has 0 aliphatic carbocycles. The van der Waals surface area contributed by atoms with E-state index in [1.165, 1.54) is 35.4 Å². The summed E-state index contributed by atoms with van der Waals surface area (Å²) < 4.78 is 38.5.